The van der Waals surface area contributed by atoms with Crippen molar-refractivity contribution >= 4 is 33.9 Å². The maximum Gasteiger partial charge on any atom is 0.301 e. The number of benzene rings is 2. The summed E-state index contributed by atoms with van der Waals surface area (Å²) in [5, 5.41) is 11.3. The van der Waals surface area contributed by atoms with Gasteiger partial charge in [-0.15, -0.1) is 11.3 Å². The van der Waals surface area contributed by atoms with Crippen LogP contribution in [0.1, 0.15) is 27.7 Å². The monoisotopic (exact) mass is 438 g/mol. The van der Waals surface area contributed by atoms with E-state index in [2.05, 4.69) is 4.98 Å². The minimum absolute atomic E-state index is 0.0766. The molecule has 1 aromatic heterocycles. The van der Waals surface area contributed by atoms with Gasteiger partial charge in [-0.05, 0) is 55.8 Å². The van der Waals surface area contributed by atoms with Crippen molar-refractivity contribution in [1.29, 1.82) is 0 Å². The van der Waals surface area contributed by atoms with Crippen LogP contribution in [0, 0.1) is 19.7 Å². The summed E-state index contributed by atoms with van der Waals surface area (Å²) < 4.78 is 18.6. The number of hydrogen-bond donors (Lipinski definition) is 1. The van der Waals surface area contributed by atoms with E-state index in [9.17, 15) is 19.1 Å². The van der Waals surface area contributed by atoms with Gasteiger partial charge in [-0.3, -0.25) is 14.5 Å². The van der Waals surface area contributed by atoms with Gasteiger partial charge in [0.25, 0.3) is 5.78 Å². The summed E-state index contributed by atoms with van der Waals surface area (Å²) in [6.45, 7) is 3.71. The largest absolute Gasteiger partial charge is 0.507 e. The van der Waals surface area contributed by atoms with Crippen LogP contribution in [0.2, 0.25) is 0 Å². The van der Waals surface area contributed by atoms with E-state index in [4.69, 9.17) is 4.74 Å². The molecule has 1 N–H and O–H groups in total. The van der Waals surface area contributed by atoms with E-state index in [0.29, 0.717) is 16.4 Å². The Morgan fingerprint density at radius 3 is 2.29 bits per heavy atom. The Hall–Kier alpha value is -3.52. The number of thiazole rings is 1. The molecule has 1 aliphatic heterocycles. The number of halogens is 1. The van der Waals surface area contributed by atoms with Crippen molar-refractivity contribution in [3.05, 3.63) is 81.6 Å². The van der Waals surface area contributed by atoms with Crippen LogP contribution in [-0.4, -0.2) is 28.9 Å². The van der Waals surface area contributed by atoms with Gasteiger partial charge in [0, 0.05) is 10.4 Å². The Labute approximate surface area is 182 Å². The third-order valence-electron chi connectivity index (χ3n) is 5.22. The van der Waals surface area contributed by atoms with E-state index >= 15 is 0 Å². The zero-order valence-electron chi connectivity index (χ0n) is 17.0. The Bertz CT molecular complexity index is 1180. The predicted molar refractivity (Wildman–Crippen MR) is 116 cm³/mol. The molecule has 1 saturated heterocycles. The summed E-state index contributed by atoms with van der Waals surface area (Å²) in [6.07, 6.45) is 0. The van der Waals surface area contributed by atoms with E-state index in [1.807, 2.05) is 13.8 Å². The van der Waals surface area contributed by atoms with Gasteiger partial charge in [0.05, 0.1) is 24.4 Å². The first-order valence-corrected chi connectivity index (χ1v) is 10.3. The van der Waals surface area contributed by atoms with Gasteiger partial charge in [-0.25, -0.2) is 9.37 Å². The average Bonchev–Trinajstić information content (AvgIpc) is 3.23. The molecule has 6 nitrogen and oxygen atoms in total. The normalized spacial score (nSPS) is 17.9. The lowest BCUT2D eigenvalue weighted by Gasteiger charge is -2.23. The number of Topliss-reactive ketones (excluding diaryl/α,β-unsaturated/α-hetero) is 1. The third kappa shape index (κ3) is 3.59. The molecule has 1 amide bonds. The Morgan fingerprint density at radius 1 is 1.10 bits per heavy atom. The van der Waals surface area contributed by atoms with Gasteiger partial charge in [-0.1, -0.05) is 12.1 Å². The van der Waals surface area contributed by atoms with E-state index in [1.165, 1.54) is 47.6 Å². The molecule has 0 unspecified atom stereocenters. The molecular weight excluding hydrogens is 419 g/mol. The van der Waals surface area contributed by atoms with Crippen molar-refractivity contribution in [2.45, 2.75) is 19.9 Å². The maximum absolute atomic E-state index is 13.4. The second-order valence-electron chi connectivity index (χ2n) is 7.09. The van der Waals surface area contributed by atoms with Crippen molar-refractivity contribution in [3.63, 3.8) is 0 Å². The Morgan fingerprint density at radius 2 is 1.74 bits per heavy atom. The Balaban J connectivity index is 1.93. The molecule has 0 saturated carbocycles. The average molecular weight is 438 g/mol. The lowest BCUT2D eigenvalue weighted by molar-refractivity contribution is -0.132. The van der Waals surface area contributed by atoms with Crippen LogP contribution in [0.3, 0.4) is 0 Å². The molecule has 3 aromatic rings. The highest BCUT2D eigenvalue weighted by Crippen LogP contribution is 2.43. The first-order chi connectivity index (χ1) is 14.8. The van der Waals surface area contributed by atoms with Crippen LogP contribution in [0.15, 0.2) is 54.1 Å². The second kappa shape index (κ2) is 7.96. The molecule has 1 fully saturated rings. The molecule has 1 atom stereocenters. The number of aliphatic hydroxyl groups excluding tert-OH is 1. The highest BCUT2D eigenvalue weighted by Gasteiger charge is 2.48. The standard InChI is InChI=1S/C23H19FN2O4S/c1-12-13(2)31-23(25-12)26-19(14-6-10-17(30-3)11-7-14)18(21(28)22(26)29)20(27)15-4-8-16(24)9-5-15/h4-11,19,27H,1-3H3/b20-18+/t19-/m0/s1. The molecule has 8 heteroatoms. The number of anilines is 1. The van der Waals surface area contributed by atoms with Gasteiger partial charge < -0.3 is 9.84 Å². The highest BCUT2D eigenvalue weighted by atomic mass is 32.1. The van der Waals surface area contributed by atoms with Crippen molar-refractivity contribution in [3.8, 4) is 5.75 Å². The molecule has 0 bridgehead atoms. The maximum atomic E-state index is 13.4. The fraction of sp³-hybridized carbons (Fsp3) is 0.174. The number of ether oxygens (including phenoxy) is 1. The minimum Gasteiger partial charge on any atom is -0.507 e. The smallest absolute Gasteiger partial charge is 0.301 e. The van der Waals surface area contributed by atoms with Crippen molar-refractivity contribution in [2.24, 2.45) is 0 Å². The number of amides is 1. The number of hydrogen-bond acceptors (Lipinski definition) is 6. The third-order valence-corrected chi connectivity index (χ3v) is 6.29. The van der Waals surface area contributed by atoms with Crippen molar-refractivity contribution in [2.75, 3.05) is 12.0 Å². The van der Waals surface area contributed by atoms with Gasteiger partial charge in [0.15, 0.2) is 5.13 Å². The quantitative estimate of drug-likeness (QED) is 0.368. The number of aryl methyl sites for hydroxylation is 2. The Kier molecular flexibility index (Phi) is 5.32. The van der Waals surface area contributed by atoms with Gasteiger partial charge in [-0.2, -0.15) is 0 Å². The van der Waals surface area contributed by atoms with Gasteiger partial charge >= 0.3 is 5.91 Å². The summed E-state index contributed by atoms with van der Waals surface area (Å²) in [6, 6.07) is 11.1. The molecule has 158 valence electrons. The number of ketones is 1. The number of nitrogens with zero attached hydrogens (tertiary/aromatic N) is 2. The van der Waals surface area contributed by atoms with Crippen LogP contribution in [-0.2, 0) is 9.59 Å². The first-order valence-electron chi connectivity index (χ1n) is 9.46. The minimum atomic E-state index is -0.888. The van der Waals surface area contributed by atoms with E-state index in [-0.39, 0.29) is 16.9 Å². The van der Waals surface area contributed by atoms with Crippen molar-refractivity contribution < 1.29 is 23.8 Å². The number of aliphatic hydroxyl groups is 1. The van der Waals surface area contributed by atoms with Crippen molar-refractivity contribution in [1.82, 2.24) is 4.98 Å². The van der Waals surface area contributed by atoms with Crippen LogP contribution in [0.25, 0.3) is 5.76 Å². The number of aromatic nitrogens is 1. The molecule has 2 aromatic carbocycles. The highest BCUT2D eigenvalue weighted by molar-refractivity contribution is 7.16. The molecule has 0 spiro atoms. The molecule has 31 heavy (non-hydrogen) atoms. The molecule has 0 aliphatic carbocycles. The number of carbonyl (C=O) groups is 2. The van der Waals surface area contributed by atoms with Crippen LogP contribution in [0.4, 0.5) is 9.52 Å². The predicted octanol–water partition coefficient (Wildman–Crippen LogP) is 4.53. The zero-order chi connectivity index (χ0) is 22.3. The van der Waals surface area contributed by atoms with Crippen LogP contribution >= 0.6 is 11.3 Å². The summed E-state index contributed by atoms with van der Waals surface area (Å²) in [5.41, 5.74) is 1.53. The number of methoxy groups -OCH3 is 1. The fourth-order valence-electron chi connectivity index (χ4n) is 3.45. The van der Waals surface area contributed by atoms with E-state index < -0.39 is 23.5 Å². The summed E-state index contributed by atoms with van der Waals surface area (Å²) in [5.74, 6) is -1.84. The number of rotatable bonds is 4. The summed E-state index contributed by atoms with van der Waals surface area (Å²) >= 11 is 1.30. The first kappa shape index (κ1) is 20.7. The summed E-state index contributed by atoms with van der Waals surface area (Å²) in [4.78, 5) is 32.8. The van der Waals surface area contributed by atoms with Gasteiger partial charge in [0.2, 0.25) is 0 Å². The van der Waals surface area contributed by atoms with E-state index in [1.54, 1.807) is 24.3 Å². The second-order valence-corrected chi connectivity index (χ2v) is 8.27. The molecule has 0 radical (unpaired) electrons. The van der Waals surface area contributed by atoms with Crippen LogP contribution in [0.5, 0.6) is 5.75 Å². The number of carbonyl (C=O) groups excluding carboxylic acids is 2. The van der Waals surface area contributed by atoms with Gasteiger partial charge in [0.1, 0.15) is 17.3 Å². The topological polar surface area (TPSA) is 79.7 Å². The molecule has 2 heterocycles. The molecular formula is C23H19FN2O4S. The van der Waals surface area contributed by atoms with E-state index in [0.717, 1.165) is 10.6 Å². The molecule has 1 aliphatic rings. The van der Waals surface area contributed by atoms with Crippen LogP contribution < -0.4 is 9.64 Å². The lowest BCUT2D eigenvalue weighted by atomic mass is 9.95. The fourth-order valence-corrected chi connectivity index (χ4v) is 4.39. The molecule has 4 rings (SSSR count). The lowest BCUT2D eigenvalue weighted by Crippen LogP contribution is -2.29. The summed E-state index contributed by atoms with van der Waals surface area (Å²) in [7, 11) is 1.54. The SMILES string of the molecule is COc1ccc([C@H]2/C(=C(\O)c3ccc(F)cc3)C(=O)C(=O)N2c2nc(C)c(C)s2)cc1. The zero-order valence-corrected chi connectivity index (χ0v) is 17.9.